The van der Waals surface area contributed by atoms with Crippen molar-refractivity contribution in [2.75, 3.05) is 5.32 Å². The third-order valence-corrected chi connectivity index (χ3v) is 2.88. The quantitative estimate of drug-likeness (QED) is 0.784. The SMILES string of the molecule is O=C(Nc1cc(C(F)(F)F)ccc1Cl)c1cc(=O)[nH]c(=O)[nH]1. The van der Waals surface area contributed by atoms with Crippen molar-refractivity contribution < 1.29 is 18.0 Å². The van der Waals surface area contributed by atoms with Gasteiger partial charge in [-0.25, -0.2) is 4.79 Å². The van der Waals surface area contributed by atoms with Crippen LogP contribution in [0.2, 0.25) is 5.02 Å². The summed E-state index contributed by atoms with van der Waals surface area (Å²) in [7, 11) is 0. The van der Waals surface area contributed by atoms with Gasteiger partial charge in [-0.2, -0.15) is 13.2 Å². The normalized spacial score (nSPS) is 11.3. The van der Waals surface area contributed by atoms with Crippen molar-refractivity contribution in [3.8, 4) is 0 Å². The molecule has 1 aromatic carbocycles. The second-order valence-electron chi connectivity index (χ2n) is 4.15. The van der Waals surface area contributed by atoms with Crippen molar-refractivity contribution in [1.82, 2.24) is 9.97 Å². The Hall–Kier alpha value is -2.55. The van der Waals surface area contributed by atoms with Crippen LogP contribution in [0, 0.1) is 0 Å². The Morgan fingerprint density at radius 1 is 1.14 bits per heavy atom. The minimum absolute atomic E-state index is 0.131. The van der Waals surface area contributed by atoms with Crippen LogP contribution >= 0.6 is 11.6 Å². The number of hydrogen-bond donors (Lipinski definition) is 3. The molecule has 0 atom stereocenters. The monoisotopic (exact) mass is 333 g/mol. The van der Waals surface area contributed by atoms with E-state index in [1.165, 1.54) is 0 Å². The summed E-state index contributed by atoms with van der Waals surface area (Å²) >= 11 is 5.72. The fraction of sp³-hybridized carbons (Fsp3) is 0.0833. The summed E-state index contributed by atoms with van der Waals surface area (Å²) < 4.78 is 37.9. The maximum atomic E-state index is 12.6. The molecule has 2 aromatic rings. The molecule has 2 rings (SSSR count). The van der Waals surface area contributed by atoms with Gasteiger partial charge >= 0.3 is 11.9 Å². The zero-order valence-electron chi connectivity index (χ0n) is 10.5. The number of H-pyrrole nitrogens is 2. The highest BCUT2D eigenvalue weighted by molar-refractivity contribution is 6.33. The number of benzene rings is 1. The molecule has 116 valence electrons. The van der Waals surface area contributed by atoms with E-state index >= 15 is 0 Å². The molecule has 0 bridgehead atoms. The molecule has 0 aliphatic rings. The average Bonchev–Trinajstić information content (AvgIpc) is 2.38. The molecule has 0 saturated heterocycles. The van der Waals surface area contributed by atoms with Gasteiger partial charge in [0.15, 0.2) is 0 Å². The van der Waals surface area contributed by atoms with Gasteiger partial charge in [0.2, 0.25) is 0 Å². The van der Waals surface area contributed by atoms with Crippen molar-refractivity contribution in [1.29, 1.82) is 0 Å². The molecule has 1 aromatic heterocycles. The van der Waals surface area contributed by atoms with Crippen molar-refractivity contribution in [2.24, 2.45) is 0 Å². The van der Waals surface area contributed by atoms with Crippen LogP contribution in [0.5, 0.6) is 0 Å². The summed E-state index contributed by atoms with van der Waals surface area (Å²) in [6.45, 7) is 0. The number of alkyl halides is 3. The Labute approximate surface area is 124 Å². The van der Waals surface area contributed by atoms with Gasteiger partial charge in [-0.1, -0.05) is 11.6 Å². The maximum Gasteiger partial charge on any atom is 0.416 e. The number of anilines is 1. The van der Waals surface area contributed by atoms with E-state index < -0.39 is 34.6 Å². The van der Waals surface area contributed by atoms with Crippen LogP contribution in [-0.2, 0) is 6.18 Å². The van der Waals surface area contributed by atoms with E-state index in [4.69, 9.17) is 11.6 Å². The Morgan fingerprint density at radius 3 is 2.41 bits per heavy atom. The number of nitrogens with one attached hydrogen (secondary N) is 3. The highest BCUT2D eigenvalue weighted by atomic mass is 35.5. The van der Waals surface area contributed by atoms with E-state index in [0.29, 0.717) is 6.07 Å². The van der Waals surface area contributed by atoms with E-state index in [9.17, 15) is 27.6 Å². The first-order valence-electron chi connectivity index (χ1n) is 5.68. The smallest absolute Gasteiger partial charge is 0.319 e. The molecule has 0 aliphatic heterocycles. The zero-order chi connectivity index (χ0) is 16.5. The molecule has 0 radical (unpaired) electrons. The Balaban J connectivity index is 2.36. The topological polar surface area (TPSA) is 94.8 Å². The maximum absolute atomic E-state index is 12.6. The lowest BCUT2D eigenvalue weighted by Crippen LogP contribution is -2.27. The minimum Gasteiger partial charge on any atom is -0.319 e. The summed E-state index contributed by atoms with van der Waals surface area (Å²) in [5.41, 5.74) is -3.48. The summed E-state index contributed by atoms with van der Waals surface area (Å²) in [6.07, 6.45) is -4.61. The Bertz CT molecular complexity index is 813. The third kappa shape index (κ3) is 3.55. The molecule has 0 saturated carbocycles. The first-order chi connectivity index (χ1) is 10.2. The molecule has 6 nitrogen and oxygen atoms in total. The van der Waals surface area contributed by atoms with Crippen LogP contribution in [0.1, 0.15) is 16.1 Å². The summed E-state index contributed by atoms with van der Waals surface area (Å²) in [6, 6.07) is 3.16. The molecular formula is C12H7ClF3N3O3. The van der Waals surface area contributed by atoms with Gasteiger partial charge in [-0.15, -0.1) is 0 Å². The largest absolute Gasteiger partial charge is 0.416 e. The molecule has 0 fully saturated rings. The van der Waals surface area contributed by atoms with Gasteiger partial charge < -0.3 is 10.3 Å². The van der Waals surface area contributed by atoms with Crippen LogP contribution in [0.3, 0.4) is 0 Å². The van der Waals surface area contributed by atoms with E-state index in [1.807, 2.05) is 9.97 Å². The highest BCUT2D eigenvalue weighted by Gasteiger charge is 2.31. The van der Waals surface area contributed by atoms with E-state index in [2.05, 4.69) is 5.32 Å². The summed E-state index contributed by atoms with van der Waals surface area (Å²) in [4.78, 5) is 37.9. The Morgan fingerprint density at radius 2 is 1.82 bits per heavy atom. The van der Waals surface area contributed by atoms with Gasteiger partial charge in [-0.3, -0.25) is 14.6 Å². The van der Waals surface area contributed by atoms with Crippen LogP contribution in [-0.4, -0.2) is 15.9 Å². The van der Waals surface area contributed by atoms with Gasteiger partial charge in [0.25, 0.3) is 11.5 Å². The van der Waals surface area contributed by atoms with Crippen molar-refractivity contribution in [2.45, 2.75) is 6.18 Å². The molecule has 1 heterocycles. The first-order valence-corrected chi connectivity index (χ1v) is 6.06. The third-order valence-electron chi connectivity index (χ3n) is 2.55. The first kappa shape index (κ1) is 15.8. The van der Waals surface area contributed by atoms with Gasteiger partial charge in [0, 0.05) is 6.07 Å². The van der Waals surface area contributed by atoms with Crippen LogP contribution in [0.15, 0.2) is 33.9 Å². The number of amides is 1. The van der Waals surface area contributed by atoms with E-state index in [1.54, 1.807) is 0 Å². The van der Waals surface area contributed by atoms with Crippen molar-refractivity contribution in [3.63, 3.8) is 0 Å². The van der Waals surface area contributed by atoms with Gasteiger partial charge in [0.05, 0.1) is 16.3 Å². The minimum atomic E-state index is -4.61. The number of carbonyl (C=O) groups is 1. The second kappa shape index (κ2) is 5.68. The predicted molar refractivity (Wildman–Crippen MR) is 72.1 cm³/mol. The van der Waals surface area contributed by atoms with E-state index in [0.717, 1.165) is 18.2 Å². The van der Waals surface area contributed by atoms with Crippen LogP contribution in [0.25, 0.3) is 0 Å². The van der Waals surface area contributed by atoms with Crippen molar-refractivity contribution in [3.05, 3.63) is 61.4 Å². The molecule has 0 spiro atoms. The van der Waals surface area contributed by atoms with Crippen LogP contribution in [0.4, 0.5) is 18.9 Å². The summed E-state index contributed by atoms with van der Waals surface area (Å²) in [5, 5.41) is 1.97. The second-order valence-corrected chi connectivity index (χ2v) is 4.56. The zero-order valence-corrected chi connectivity index (χ0v) is 11.3. The number of aromatic nitrogens is 2. The molecule has 22 heavy (non-hydrogen) atoms. The standard InChI is InChI=1S/C12H7ClF3N3O3/c13-6-2-1-5(12(14,15)16)3-7(6)17-10(21)8-4-9(20)19-11(22)18-8/h1-4H,(H,17,21)(H2,18,19,20,22). The highest BCUT2D eigenvalue weighted by Crippen LogP contribution is 2.33. The number of aromatic amines is 2. The molecule has 1 amide bonds. The molecule has 0 aliphatic carbocycles. The molecular weight excluding hydrogens is 327 g/mol. The van der Waals surface area contributed by atoms with Gasteiger partial charge in [0.1, 0.15) is 5.69 Å². The average molecular weight is 334 g/mol. The fourth-order valence-corrected chi connectivity index (χ4v) is 1.74. The number of rotatable bonds is 2. The predicted octanol–water partition coefficient (Wildman–Crippen LogP) is 1.99. The summed E-state index contributed by atoms with van der Waals surface area (Å²) in [5.74, 6) is -0.982. The van der Waals surface area contributed by atoms with Gasteiger partial charge in [-0.05, 0) is 18.2 Å². The molecule has 3 N–H and O–H groups in total. The lowest BCUT2D eigenvalue weighted by Gasteiger charge is -2.11. The molecule has 10 heteroatoms. The lowest BCUT2D eigenvalue weighted by atomic mass is 10.2. The number of carbonyl (C=O) groups excluding carboxylic acids is 1. The van der Waals surface area contributed by atoms with Crippen LogP contribution < -0.4 is 16.6 Å². The fourth-order valence-electron chi connectivity index (χ4n) is 1.58. The number of hydrogen-bond acceptors (Lipinski definition) is 3. The number of halogens is 4. The van der Waals surface area contributed by atoms with Crippen molar-refractivity contribution >= 4 is 23.2 Å². The van der Waals surface area contributed by atoms with E-state index in [-0.39, 0.29) is 10.7 Å². The molecule has 0 unspecified atom stereocenters. The Kier molecular flexibility index (Phi) is 4.09. The lowest BCUT2D eigenvalue weighted by molar-refractivity contribution is -0.137.